The monoisotopic (exact) mass is 456 g/mol. The number of carbonyl (C=O) groups excluding carboxylic acids is 1. The van der Waals surface area contributed by atoms with Gasteiger partial charge in [0.25, 0.3) is 0 Å². The molecular weight excluding hydrogens is 428 g/mol. The number of rotatable bonds is 7. The molecule has 0 saturated carbocycles. The SMILES string of the molecule is CCN(CC)C(=O)CSc1nnc(-c2ccc(C(C)(C)C)cc2)n1-c1ccc(Cl)cc1. The van der Waals surface area contributed by atoms with Crippen molar-refractivity contribution in [2.75, 3.05) is 18.8 Å². The molecule has 2 aromatic carbocycles. The van der Waals surface area contributed by atoms with Gasteiger partial charge in [-0.15, -0.1) is 10.2 Å². The van der Waals surface area contributed by atoms with Crippen molar-refractivity contribution in [1.29, 1.82) is 0 Å². The average molecular weight is 457 g/mol. The molecule has 1 amide bonds. The van der Waals surface area contributed by atoms with Crippen LogP contribution in [0.25, 0.3) is 17.1 Å². The van der Waals surface area contributed by atoms with Gasteiger partial charge in [0.1, 0.15) is 0 Å². The maximum absolute atomic E-state index is 12.5. The summed E-state index contributed by atoms with van der Waals surface area (Å²) in [6.45, 7) is 12.0. The van der Waals surface area contributed by atoms with Crippen molar-refractivity contribution in [3.05, 3.63) is 59.1 Å². The highest BCUT2D eigenvalue weighted by molar-refractivity contribution is 7.99. The Balaban J connectivity index is 1.98. The highest BCUT2D eigenvalue weighted by Gasteiger charge is 2.20. The van der Waals surface area contributed by atoms with Crippen LogP contribution in [0.1, 0.15) is 40.2 Å². The number of amides is 1. The normalized spacial score (nSPS) is 11.5. The first kappa shape index (κ1) is 23.4. The van der Waals surface area contributed by atoms with Gasteiger partial charge in [-0.2, -0.15) is 0 Å². The summed E-state index contributed by atoms with van der Waals surface area (Å²) < 4.78 is 1.99. The zero-order chi connectivity index (χ0) is 22.6. The number of benzene rings is 2. The summed E-state index contributed by atoms with van der Waals surface area (Å²) in [6, 6.07) is 16.0. The first-order chi connectivity index (χ1) is 14.7. The lowest BCUT2D eigenvalue weighted by atomic mass is 9.87. The van der Waals surface area contributed by atoms with Crippen LogP contribution in [0.5, 0.6) is 0 Å². The number of nitrogens with zero attached hydrogens (tertiary/aromatic N) is 4. The molecule has 164 valence electrons. The quantitative estimate of drug-likeness (QED) is 0.418. The zero-order valence-corrected chi connectivity index (χ0v) is 20.3. The first-order valence-electron chi connectivity index (χ1n) is 10.5. The van der Waals surface area contributed by atoms with Crippen LogP contribution in [0.4, 0.5) is 0 Å². The second-order valence-electron chi connectivity index (χ2n) is 8.30. The van der Waals surface area contributed by atoms with Crippen molar-refractivity contribution in [2.24, 2.45) is 0 Å². The van der Waals surface area contributed by atoms with Crippen molar-refractivity contribution in [3.63, 3.8) is 0 Å². The van der Waals surface area contributed by atoms with Crippen molar-refractivity contribution in [3.8, 4) is 17.1 Å². The molecule has 0 atom stereocenters. The summed E-state index contributed by atoms with van der Waals surface area (Å²) in [6.07, 6.45) is 0. The lowest BCUT2D eigenvalue weighted by molar-refractivity contribution is -0.127. The van der Waals surface area contributed by atoms with E-state index in [4.69, 9.17) is 11.6 Å². The minimum Gasteiger partial charge on any atom is -0.343 e. The molecule has 0 saturated heterocycles. The van der Waals surface area contributed by atoms with Gasteiger partial charge >= 0.3 is 0 Å². The Morgan fingerprint density at radius 2 is 1.61 bits per heavy atom. The molecule has 0 aliphatic carbocycles. The summed E-state index contributed by atoms with van der Waals surface area (Å²) in [5.41, 5.74) is 3.21. The Bertz CT molecular complexity index is 1020. The van der Waals surface area contributed by atoms with E-state index in [0.29, 0.717) is 29.0 Å². The van der Waals surface area contributed by atoms with E-state index in [1.165, 1.54) is 17.3 Å². The van der Waals surface area contributed by atoms with E-state index in [1.54, 1.807) is 0 Å². The fraction of sp³-hybridized carbons (Fsp3) is 0.375. The first-order valence-corrected chi connectivity index (χ1v) is 11.8. The van der Waals surface area contributed by atoms with Gasteiger partial charge in [-0.1, -0.05) is 68.4 Å². The third kappa shape index (κ3) is 5.49. The van der Waals surface area contributed by atoms with Gasteiger partial charge in [-0.3, -0.25) is 9.36 Å². The molecule has 5 nitrogen and oxygen atoms in total. The molecule has 0 fully saturated rings. The van der Waals surface area contributed by atoms with Crippen molar-refractivity contribution < 1.29 is 4.79 Å². The Morgan fingerprint density at radius 1 is 1.00 bits per heavy atom. The largest absolute Gasteiger partial charge is 0.343 e. The minimum absolute atomic E-state index is 0.0776. The molecule has 3 rings (SSSR count). The smallest absolute Gasteiger partial charge is 0.233 e. The van der Waals surface area contributed by atoms with Crippen LogP contribution in [0.2, 0.25) is 5.02 Å². The van der Waals surface area contributed by atoms with Crippen LogP contribution in [0.15, 0.2) is 53.7 Å². The molecule has 0 radical (unpaired) electrons. The highest BCUT2D eigenvalue weighted by Crippen LogP contribution is 2.30. The topological polar surface area (TPSA) is 51.0 Å². The van der Waals surface area contributed by atoms with Gasteiger partial charge in [0.15, 0.2) is 11.0 Å². The van der Waals surface area contributed by atoms with Crippen LogP contribution in [-0.2, 0) is 10.2 Å². The van der Waals surface area contributed by atoms with Gasteiger partial charge in [0.05, 0.1) is 5.75 Å². The van der Waals surface area contributed by atoms with E-state index >= 15 is 0 Å². The molecular formula is C24H29ClN4OS. The maximum Gasteiger partial charge on any atom is 0.233 e. The molecule has 31 heavy (non-hydrogen) atoms. The van der Waals surface area contributed by atoms with Crippen molar-refractivity contribution in [1.82, 2.24) is 19.7 Å². The van der Waals surface area contributed by atoms with Crippen LogP contribution >= 0.6 is 23.4 Å². The van der Waals surface area contributed by atoms with E-state index in [-0.39, 0.29) is 11.3 Å². The van der Waals surface area contributed by atoms with E-state index in [0.717, 1.165) is 17.1 Å². The van der Waals surface area contributed by atoms with E-state index in [1.807, 2.05) is 47.6 Å². The zero-order valence-electron chi connectivity index (χ0n) is 18.7. The van der Waals surface area contributed by atoms with Crippen molar-refractivity contribution in [2.45, 2.75) is 45.2 Å². The van der Waals surface area contributed by atoms with E-state index < -0.39 is 0 Å². The Hall–Kier alpha value is -2.31. The number of hydrogen-bond donors (Lipinski definition) is 0. The molecule has 0 bridgehead atoms. The molecule has 0 unspecified atom stereocenters. The summed E-state index contributed by atoms with van der Waals surface area (Å²) >= 11 is 7.50. The van der Waals surface area contributed by atoms with Crippen molar-refractivity contribution >= 4 is 29.3 Å². The predicted molar refractivity (Wildman–Crippen MR) is 129 cm³/mol. The number of thioether (sulfide) groups is 1. The fourth-order valence-electron chi connectivity index (χ4n) is 3.29. The predicted octanol–water partition coefficient (Wildman–Crippen LogP) is 5.85. The van der Waals surface area contributed by atoms with Crippen LogP contribution in [0, 0.1) is 0 Å². The number of halogens is 1. The van der Waals surface area contributed by atoms with Crippen LogP contribution in [-0.4, -0.2) is 44.4 Å². The maximum atomic E-state index is 12.5. The van der Waals surface area contributed by atoms with E-state index in [9.17, 15) is 4.79 Å². The number of hydrogen-bond acceptors (Lipinski definition) is 4. The summed E-state index contributed by atoms with van der Waals surface area (Å²) in [7, 11) is 0. The lowest BCUT2D eigenvalue weighted by Gasteiger charge is -2.19. The second kappa shape index (κ2) is 9.88. The van der Waals surface area contributed by atoms with Gasteiger partial charge in [-0.05, 0) is 49.1 Å². The Kier molecular flexibility index (Phi) is 7.44. The summed E-state index contributed by atoms with van der Waals surface area (Å²) in [5.74, 6) is 1.15. The molecule has 0 aliphatic rings. The van der Waals surface area contributed by atoms with Crippen LogP contribution in [0.3, 0.4) is 0 Å². The molecule has 1 aromatic heterocycles. The molecule has 7 heteroatoms. The fourth-order valence-corrected chi connectivity index (χ4v) is 4.27. The molecule has 0 spiro atoms. The van der Waals surface area contributed by atoms with Gasteiger partial charge < -0.3 is 4.90 Å². The molecule has 1 heterocycles. The number of carbonyl (C=O) groups is 1. The standard InChI is InChI=1S/C24H29ClN4OS/c1-6-28(7-2)21(30)16-31-23-27-26-22(29(23)20-14-12-19(25)13-15-20)17-8-10-18(11-9-17)24(3,4)5/h8-15H,6-7,16H2,1-5H3. The summed E-state index contributed by atoms with van der Waals surface area (Å²) in [5, 5.41) is 10.2. The van der Waals surface area contributed by atoms with E-state index in [2.05, 4.69) is 55.2 Å². The second-order valence-corrected chi connectivity index (χ2v) is 9.68. The molecule has 3 aromatic rings. The average Bonchev–Trinajstić information content (AvgIpc) is 3.17. The third-order valence-corrected chi connectivity index (χ3v) is 6.33. The van der Waals surface area contributed by atoms with Crippen LogP contribution < -0.4 is 0 Å². The Labute approximate surface area is 193 Å². The van der Waals surface area contributed by atoms with Gasteiger partial charge in [0.2, 0.25) is 5.91 Å². The summed E-state index contributed by atoms with van der Waals surface area (Å²) in [4.78, 5) is 14.3. The minimum atomic E-state index is 0.0776. The molecule has 0 aliphatic heterocycles. The van der Waals surface area contributed by atoms with Gasteiger partial charge in [0, 0.05) is 29.4 Å². The highest BCUT2D eigenvalue weighted by atomic mass is 35.5. The molecule has 0 N–H and O–H groups in total. The third-order valence-electron chi connectivity index (χ3n) is 5.17. The van der Waals surface area contributed by atoms with Gasteiger partial charge in [-0.25, -0.2) is 0 Å². The Morgan fingerprint density at radius 3 is 2.16 bits per heavy atom. The number of aromatic nitrogens is 3. The lowest BCUT2D eigenvalue weighted by Crippen LogP contribution is -2.31.